The molecule has 22 heavy (non-hydrogen) atoms. The van der Waals surface area contributed by atoms with Crippen molar-refractivity contribution in [2.24, 2.45) is 0 Å². The van der Waals surface area contributed by atoms with E-state index in [1.807, 2.05) is 0 Å². The van der Waals surface area contributed by atoms with Crippen LogP contribution in [0.2, 0.25) is 5.02 Å². The lowest BCUT2D eigenvalue weighted by molar-refractivity contribution is -0.115. The van der Waals surface area contributed by atoms with Crippen molar-refractivity contribution in [3.8, 4) is 0 Å². The first-order chi connectivity index (χ1) is 10.3. The van der Waals surface area contributed by atoms with Gasteiger partial charge in [-0.15, -0.1) is 0 Å². The molecule has 0 saturated heterocycles. The maximum atomic E-state index is 12.0. The zero-order chi connectivity index (χ0) is 16.3. The Kier molecular flexibility index (Phi) is 5.26. The van der Waals surface area contributed by atoms with Crippen LogP contribution >= 0.6 is 27.5 Å². The van der Waals surface area contributed by atoms with E-state index in [0.717, 1.165) is 16.3 Å². The molecule has 0 radical (unpaired) electrons. The van der Waals surface area contributed by atoms with Gasteiger partial charge in [0, 0.05) is 16.4 Å². The van der Waals surface area contributed by atoms with Crippen molar-refractivity contribution in [3.63, 3.8) is 0 Å². The van der Waals surface area contributed by atoms with Gasteiger partial charge in [-0.05, 0) is 51.8 Å². The van der Waals surface area contributed by atoms with Gasteiger partial charge in [0.15, 0.2) is 9.84 Å². The second-order valence-electron chi connectivity index (χ2n) is 4.77. The number of rotatable bonds is 4. The van der Waals surface area contributed by atoms with Crippen LogP contribution in [-0.2, 0) is 21.1 Å². The number of benzene rings is 2. The molecule has 2 rings (SSSR count). The third-order valence-corrected chi connectivity index (χ3v) is 5.28. The number of hydrogen-bond donors (Lipinski definition) is 1. The number of hydrogen-bond acceptors (Lipinski definition) is 3. The first-order valence-corrected chi connectivity index (χ1v) is 9.36. The molecule has 0 saturated carbocycles. The number of carbonyl (C=O) groups is 1. The molecule has 0 aliphatic heterocycles. The number of sulfone groups is 1. The van der Waals surface area contributed by atoms with Crippen LogP contribution in [0.4, 0.5) is 5.69 Å². The normalized spacial score (nSPS) is 11.2. The van der Waals surface area contributed by atoms with Gasteiger partial charge < -0.3 is 5.32 Å². The van der Waals surface area contributed by atoms with E-state index in [-0.39, 0.29) is 17.2 Å². The Morgan fingerprint density at radius 2 is 1.82 bits per heavy atom. The standard InChI is InChI=1S/C15H13BrClNO3S/c1-22(20,21)12-5-2-10(3-6-12)8-15(19)18-11-4-7-13(16)14(17)9-11/h2-7,9H,8H2,1H3,(H,18,19). The third-order valence-electron chi connectivity index (χ3n) is 2.92. The van der Waals surface area contributed by atoms with Crippen LogP contribution in [0.3, 0.4) is 0 Å². The van der Waals surface area contributed by atoms with E-state index in [9.17, 15) is 13.2 Å². The van der Waals surface area contributed by atoms with Crippen molar-refractivity contribution >= 4 is 49.0 Å². The highest BCUT2D eigenvalue weighted by Gasteiger charge is 2.09. The zero-order valence-corrected chi connectivity index (χ0v) is 14.8. The third kappa shape index (κ3) is 4.56. The Balaban J connectivity index is 2.04. The smallest absolute Gasteiger partial charge is 0.228 e. The van der Waals surface area contributed by atoms with Crippen molar-refractivity contribution in [3.05, 3.63) is 57.5 Å². The van der Waals surface area contributed by atoms with Crippen LogP contribution in [0, 0.1) is 0 Å². The fraction of sp³-hybridized carbons (Fsp3) is 0.133. The van der Waals surface area contributed by atoms with Gasteiger partial charge in [-0.1, -0.05) is 23.7 Å². The number of carbonyl (C=O) groups excluding carboxylic acids is 1. The van der Waals surface area contributed by atoms with Gasteiger partial charge in [-0.3, -0.25) is 4.79 Å². The molecule has 0 spiro atoms. The Bertz CT molecular complexity index is 804. The van der Waals surface area contributed by atoms with Gasteiger partial charge >= 0.3 is 0 Å². The molecule has 4 nitrogen and oxygen atoms in total. The summed E-state index contributed by atoms with van der Waals surface area (Å²) in [6.07, 6.45) is 1.30. The highest BCUT2D eigenvalue weighted by molar-refractivity contribution is 9.10. The van der Waals surface area contributed by atoms with E-state index in [2.05, 4.69) is 21.2 Å². The molecule has 7 heteroatoms. The quantitative estimate of drug-likeness (QED) is 0.848. The molecule has 116 valence electrons. The summed E-state index contributed by atoms with van der Waals surface area (Å²) in [7, 11) is -3.23. The number of halogens is 2. The monoisotopic (exact) mass is 401 g/mol. The predicted molar refractivity (Wildman–Crippen MR) is 91.0 cm³/mol. The van der Waals surface area contributed by atoms with Crippen LogP contribution in [0.5, 0.6) is 0 Å². The molecule has 0 aliphatic carbocycles. The SMILES string of the molecule is CS(=O)(=O)c1ccc(CC(=O)Nc2ccc(Br)c(Cl)c2)cc1. The van der Waals surface area contributed by atoms with E-state index >= 15 is 0 Å². The van der Waals surface area contributed by atoms with E-state index in [1.165, 1.54) is 12.1 Å². The van der Waals surface area contributed by atoms with Crippen molar-refractivity contribution in [2.45, 2.75) is 11.3 Å². The molecule has 0 fully saturated rings. The summed E-state index contributed by atoms with van der Waals surface area (Å²) in [4.78, 5) is 12.2. The van der Waals surface area contributed by atoms with Crippen LogP contribution in [0.1, 0.15) is 5.56 Å². The first-order valence-electron chi connectivity index (χ1n) is 6.29. The molecule has 0 heterocycles. The summed E-state index contributed by atoms with van der Waals surface area (Å²) in [6.45, 7) is 0. The minimum Gasteiger partial charge on any atom is -0.326 e. The Morgan fingerprint density at radius 1 is 1.18 bits per heavy atom. The predicted octanol–water partition coefficient (Wildman–Crippen LogP) is 3.69. The molecule has 0 bridgehead atoms. The lowest BCUT2D eigenvalue weighted by Crippen LogP contribution is -2.14. The van der Waals surface area contributed by atoms with Crippen molar-refractivity contribution in [1.82, 2.24) is 0 Å². The fourth-order valence-corrected chi connectivity index (χ4v) is 2.88. The number of anilines is 1. The van der Waals surface area contributed by atoms with Crippen molar-refractivity contribution < 1.29 is 13.2 Å². The van der Waals surface area contributed by atoms with Crippen LogP contribution < -0.4 is 5.32 Å². The van der Waals surface area contributed by atoms with E-state index in [0.29, 0.717) is 10.7 Å². The van der Waals surface area contributed by atoms with Gasteiger partial charge in [0.1, 0.15) is 0 Å². The topological polar surface area (TPSA) is 63.2 Å². The molecule has 0 aliphatic rings. The van der Waals surface area contributed by atoms with Crippen molar-refractivity contribution in [2.75, 3.05) is 11.6 Å². The van der Waals surface area contributed by atoms with Crippen molar-refractivity contribution in [1.29, 1.82) is 0 Å². The Morgan fingerprint density at radius 3 is 2.36 bits per heavy atom. The van der Waals surface area contributed by atoms with Crippen LogP contribution in [0.25, 0.3) is 0 Å². The number of nitrogens with one attached hydrogen (secondary N) is 1. The van der Waals surface area contributed by atoms with Gasteiger partial charge in [0.2, 0.25) is 5.91 Å². The average Bonchev–Trinajstić information content (AvgIpc) is 2.42. The lowest BCUT2D eigenvalue weighted by atomic mass is 10.1. The molecular formula is C15H13BrClNO3S. The molecule has 1 N–H and O–H groups in total. The summed E-state index contributed by atoms with van der Waals surface area (Å²) in [5.41, 5.74) is 1.33. The van der Waals surface area contributed by atoms with Crippen LogP contribution in [-0.4, -0.2) is 20.6 Å². The van der Waals surface area contributed by atoms with Gasteiger partial charge in [-0.25, -0.2) is 8.42 Å². The van der Waals surface area contributed by atoms with Crippen LogP contribution in [0.15, 0.2) is 51.8 Å². The molecule has 0 aromatic heterocycles. The highest BCUT2D eigenvalue weighted by Crippen LogP contribution is 2.25. The van der Waals surface area contributed by atoms with Gasteiger partial charge in [-0.2, -0.15) is 0 Å². The molecular weight excluding hydrogens is 390 g/mol. The first kappa shape index (κ1) is 17.0. The van der Waals surface area contributed by atoms with E-state index in [1.54, 1.807) is 30.3 Å². The largest absolute Gasteiger partial charge is 0.326 e. The highest BCUT2D eigenvalue weighted by atomic mass is 79.9. The van der Waals surface area contributed by atoms with E-state index < -0.39 is 9.84 Å². The summed E-state index contributed by atoms with van der Waals surface area (Å²) < 4.78 is 23.5. The molecule has 2 aromatic carbocycles. The maximum absolute atomic E-state index is 12.0. The second-order valence-corrected chi connectivity index (χ2v) is 8.05. The van der Waals surface area contributed by atoms with E-state index in [4.69, 9.17) is 11.6 Å². The molecule has 0 unspecified atom stereocenters. The molecule has 0 atom stereocenters. The Hall–Kier alpha value is -1.37. The molecule has 1 amide bonds. The van der Waals surface area contributed by atoms with Gasteiger partial charge in [0.25, 0.3) is 0 Å². The second kappa shape index (κ2) is 6.81. The maximum Gasteiger partial charge on any atom is 0.228 e. The zero-order valence-electron chi connectivity index (χ0n) is 11.6. The summed E-state index contributed by atoms with van der Waals surface area (Å²) in [5.74, 6) is -0.203. The lowest BCUT2D eigenvalue weighted by Gasteiger charge is -2.07. The summed E-state index contributed by atoms with van der Waals surface area (Å²) in [6, 6.07) is 11.4. The fourth-order valence-electron chi connectivity index (χ4n) is 1.82. The number of amides is 1. The molecule has 2 aromatic rings. The minimum absolute atomic E-state index is 0.151. The summed E-state index contributed by atoms with van der Waals surface area (Å²) in [5, 5.41) is 3.25. The minimum atomic E-state index is -3.23. The van der Waals surface area contributed by atoms with Gasteiger partial charge in [0.05, 0.1) is 16.3 Å². The average molecular weight is 403 g/mol. The summed E-state index contributed by atoms with van der Waals surface area (Å²) >= 11 is 9.24. The Labute approximate surface area is 142 Å².